The molecule has 2 rings (SSSR count). The summed E-state index contributed by atoms with van der Waals surface area (Å²) in [5, 5.41) is 15.7. The second-order valence-corrected chi connectivity index (χ2v) is 5.74. The highest BCUT2D eigenvalue weighted by molar-refractivity contribution is 5.94. The fraction of sp³-hybridized carbons (Fsp3) is 0.571. The molecule has 0 spiro atoms. The third-order valence-corrected chi connectivity index (χ3v) is 3.78. The Kier molecular flexibility index (Phi) is 4.04. The molecular weight excluding hydrogens is 242 g/mol. The van der Waals surface area contributed by atoms with Crippen molar-refractivity contribution in [3.63, 3.8) is 0 Å². The highest BCUT2D eigenvalue weighted by atomic mass is 16.3. The largest absolute Gasteiger partial charge is 0.506 e. The Bertz CT molecular complexity index is 460. The Morgan fingerprint density at radius 3 is 3.05 bits per heavy atom. The van der Waals surface area contributed by atoms with Crippen LogP contribution in [0.15, 0.2) is 18.5 Å². The molecule has 1 aromatic rings. The molecule has 5 heteroatoms. The molecule has 1 unspecified atom stereocenters. The van der Waals surface area contributed by atoms with Crippen molar-refractivity contribution in [3.8, 4) is 5.75 Å². The van der Waals surface area contributed by atoms with E-state index in [0.717, 1.165) is 13.0 Å². The monoisotopic (exact) mass is 263 g/mol. The zero-order valence-electron chi connectivity index (χ0n) is 11.4. The summed E-state index contributed by atoms with van der Waals surface area (Å²) < 4.78 is 0. The minimum Gasteiger partial charge on any atom is -0.506 e. The van der Waals surface area contributed by atoms with E-state index in [-0.39, 0.29) is 23.1 Å². The van der Waals surface area contributed by atoms with Crippen molar-refractivity contribution in [1.82, 2.24) is 15.6 Å². The van der Waals surface area contributed by atoms with Crippen molar-refractivity contribution in [2.75, 3.05) is 13.1 Å². The van der Waals surface area contributed by atoms with Gasteiger partial charge in [0.2, 0.25) is 0 Å². The van der Waals surface area contributed by atoms with Crippen LogP contribution in [0, 0.1) is 5.41 Å². The maximum Gasteiger partial charge on any atom is 0.253 e. The number of carbonyl (C=O) groups excluding carboxylic acids is 1. The lowest BCUT2D eigenvalue weighted by atomic mass is 9.77. The van der Waals surface area contributed by atoms with Crippen molar-refractivity contribution in [3.05, 3.63) is 24.0 Å². The molecule has 1 aliphatic heterocycles. The van der Waals surface area contributed by atoms with E-state index in [4.69, 9.17) is 0 Å². The number of aromatic nitrogens is 1. The van der Waals surface area contributed by atoms with Crippen LogP contribution in [0.5, 0.6) is 5.75 Å². The summed E-state index contributed by atoms with van der Waals surface area (Å²) in [5.74, 6) is -0.199. The maximum atomic E-state index is 12.0. The van der Waals surface area contributed by atoms with Gasteiger partial charge in [-0.25, -0.2) is 0 Å². The lowest BCUT2D eigenvalue weighted by Crippen LogP contribution is -2.52. The molecule has 1 aliphatic rings. The highest BCUT2D eigenvalue weighted by Crippen LogP contribution is 2.29. The van der Waals surface area contributed by atoms with Gasteiger partial charge in [-0.2, -0.15) is 0 Å². The molecule has 1 amide bonds. The molecule has 0 bridgehead atoms. The second kappa shape index (κ2) is 5.57. The number of piperidine rings is 1. The SMILES string of the molecule is CC1(C)CCCNC1CNC(=O)c1cncc(O)c1. The van der Waals surface area contributed by atoms with Gasteiger partial charge >= 0.3 is 0 Å². The standard InChI is InChI=1S/C14H21N3O2/c1-14(2)4-3-5-16-12(14)9-17-13(19)10-6-11(18)8-15-7-10/h6-8,12,16,18H,3-5,9H2,1-2H3,(H,17,19). The predicted molar refractivity (Wildman–Crippen MR) is 73.0 cm³/mol. The number of rotatable bonds is 3. The van der Waals surface area contributed by atoms with E-state index in [1.807, 2.05) is 0 Å². The highest BCUT2D eigenvalue weighted by Gasteiger charge is 2.31. The van der Waals surface area contributed by atoms with E-state index >= 15 is 0 Å². The fourth-order valence-electron chi connectivity index (χ4n) is 2.47. The minimum atomic E-state index is -0.202. The third kappa shape index (κ3) is 3.44. The van der Waals surface area contributed by atoms with Gasteiger partial charge < -0.3 is 15.7 Å². The van der Waals surface area contributed by atoms with Crippen LogP contribution in [-0.4, -0.2) is 35.1 Å². The fourth-order valence-corrected chi connectivity index (χ4v) is 2.47. The molecule has 2 heterocycles. The number of aromatic hydroxyl groups is 1. The maximum absolute atomic E-state index is 12.0. The van der Waals surface area contributed by atoms with Crippen LogP contribution < -0.4 is 10.6 Å². The van der Waals surface area contributed by atoms with Gasteiger partial charge in [0.15, 0.2) is 0 Å². The predicted octanol–water partition coefficient (Wildman–Crippen LogP) is 1.30. The number of hydrogen-bond acceptors (Lipinski definition) is 4. The number of hydrogen-bond donors (Lipinski definition) is 3. The molecule has 3 N–H and O–H groups in total. The van der Waals surface area contributed by atoms with Crippen LogP contribution in [0.2, 0.25) is 0 Å². The summed E-state index contributed by atoms with van der Waals surface area (Å²) in [6.45, 7) is 6.01. The second-order valence-electron chi connectivity index (χ2n) is 5.74. The number of pyridine rings is 1. The quantitative estimate of drug-likeness (QED) is 0.768. The van der Waals surface area contributed by atoms with E-state index in [2.05, 4.69) is 29.5 Å². The molecule has 1 aromatic heterocycles. The first-order valence-electron chi connectivity index (χ1n) is 6.65. The Balaban J connectivity index is 1.93. The van der Waals surface area contributed by atoms with Gasteiger partial charge in [0.05, 0.1) is 11.8 Å². The smallest absolute Gasteiger partial charge is 0.253 e. The third-order valence-electron chi connectivity index (χ3n) is 3.78. The van der Waals surface area contributed by atoms with Crippen LogP contribution in [0.4, 0.5) is 0 Å². The molecule has 1 atom stereocenters. The van der Waals surface area contributed by atoms with Crippen LogP contribution in [-0.2, 0) is 0 Å². The van der Waals surface area contributed by atoms with Crippen molar-refractivity contribution < 1.29 is 9.90 Å². The summed E-state index contributed by atoms with van der Waals surface area (Å²) in [6, 6.07) is 1.69. The lowest BCUT2D eigenvalue weighted by molar-refractivity contribution is 0.0928. The first kappa shape index (κ1) is 13.8. The van der Waals surface area contributed by atoms with Crippen molar-refractivity contribution >= 4 is 5.91 Å². The summed E-state index contributed by atoms with van der Waals surface area (Å²) in [7, 11) is 0. The van der Waals surface area contributed by atoms with Crippen LogP contribution in [0.1, 0.15) is 37.0 Å². The summed E-state index contributed by atoms with van der Waals surface area (Å²) >= 11 is 0. The van der Waals surface area contributed by atoms with Crippen molar-refractivity contribution in [2.45, 2.75) is 32.7 Å². The molecule has 0 aromatic carbocycles. The Labute approximate surface area is 113 Å². The molecule has 1 saturated heterocycles. The van der Waals surface area contributed by atoms with Crippen LogP contribution in [0.3, 0.4) is 0 Å². The number of amides is 1. The first-order valence-corrected chi connectivity index (χ1v) is 6.65. The van der Waals surface area contributed by atoms with Gasteiger partial charge in [-0.3, -0.25) is 9.78 Å². The zero-order chi connectivity index (χ0) is 13.9. The average Bonchev–Trinajstić information content (AvgIpc) is 2.36. The van der Waals surface area contributed by atoms with E-state index < -0.39 is 0 Å². The topological polar surface area (TPSA) is 74.2 Å². The molecule has 19 heavy (non-hydrogen) atoms. The first-order chi connectivity index (χ1) is 8.99. The van der Waals surface area contributed by atoms with Crippen molar-refractivity contribution in [2.24, 2.45) is 5.41 Å². The summed E-state index contributed by atoms with van der Waals surface area (Å²) in [4.78, 5) is 15.8. The minimum absolute atomic E-state index is 0.00349. The molecule has 0 saturated carbocycles. The van der Waals surface area contributed by atoms with E-state index in [9.17, 15) is 9.90 Å². The van der Waals surface area contributed by atoms with E-state index in [1.54, 1.807) is 0 Å². The Morgan fingerprint density at radius 2 is 2.37 bits per heavy atom. The van der Waals surface area contributed by atoms with E-state index in [1.165, 1.54) is 24.9 Å². The van der Waals surface area contributed by atoms with Gasteiger partial charge in [0, 0.05) is 18.8 Å². The number of carbonyl (C=O) groups is 1. The van der Waals surface area contributed by atoms with Crippen LogP contribution >= 0.6 is 0 Å². The number of nitrogens with zero attached hydrogens (tertiary/aromatic N) is 1. The van der Waals surface area contributed by atoms with Gasteiger partial charge in [-0.1, -0.05) is 13.8 Å². The Morgan fingerprint density at radius 1 is 1.58 bits per heavy atom. The molecule has 104 valence electrons. The molecular formula is C14H21N3O2. The van der Waals surface area contributed by atoms with Crippen LogP contribution in [0.25, 0.3) is 0 Å². The summed E-state index contributed by atoms with van der Waals surface area (Å²) in [6.07, 6.45) is 5.10. The normalized spacial score (nSPS) is 21.9. The average molecular weight is 263 g/mol. The Hall–Kier alpha value is -1.62. The molecule has 1 fully saturated rings. The molecule has 5 nitrogen and oxygen atoms in total. The van der Waals surface area contributed by atoms with Gasteiger partial charge in [-0.15, -0.1) is 0 Å². The summed E-state index contributed by atoms with van der Waals surface area (Å²) in [5.41, 5.74) is 0.566. The molecule has 0 radical (unpaired) electrons. The lowest BCUT2D eigenvalue weighted by Gasteiger charge is -2.39. The van der Waals surface area contributed by atoms with Crippen molar-refractivity contribution in [1.29, 1.82) is 0 Å². The molecule has 0 aliphatic carbocycles. The number of nitrogens with one attached hydrogen (secondary N) is 2. The van der Waals surface area contributed by atoms with Gasteiger partial charge in [0.25, 0.3) is 5.91 Å². The van der Waals surface area contributed by atoms with Gasteiger partial charge in [-0.05, 0) is 30.9 Å². The zero-order valence-corrected chi connectivity index (χ0v) is 11.4. The van der Waals surface area contributed by atoms with E-state index in [0.29, 0.717) is 12.1 Å². The van der Waals surface area contributed by atoms with Gasteiger partial charge in [0.1, 0.15) is 5.75 Å².